The van der Waals surface area contributed by atoms with E-state index in [1.54, 1.807) is 12.1 Å². The van der Waals surface area contributed by atoms with Crippen LogP contribution in [0.25, 0.3) is 0 Å². The van der Waals surface area contributed by atoms with Crippen molar-refractivity contribution < 1.29 is 21.6 Å². The lowest BCUT2D eigenvalue weighted by atomic mass is 10.3. The lowest BCUT2D eigenvalue weighted by molar-refractivity contribution is 0.403. The summed E-state index contributed by atoms with van der Waals surface area (Å²) in [7, 11) is -6.29. The smallest absolute Gasteiger partial charge is 0.265 e. The lowest BCUT2D eigenvalue weighted by Gasteiger charge is -2.14. The fourth-order valence-electron chi connectivity index (χ4n) is 1.91. The summed E-state index contributed by atoms with van der Waals surface area (Å²) < 4.78 is 57.5. The van der Waals surface area contributed by atoms with E-state index in [2.05, 4.69) is 9.44 Å². The second kappa shape index (κ2) is 6.88. The van der Waals surface area contributed by atoms with Crippen LogP contribution >= 0.6 is 11.6 Å². The van der Waals surface area contributed by atoms with E-state index >= 15 is 0 Å². The summed E-state index contributed by atoms with van der Waals surface area (Å²) in [5.74, 6) is 0.0635. The molecule has 0 atom stereocenters. The van der Waals surface area contributed by atoms with Crippen molar-refractivity contribution in [2.24, 2.45) is 0 Å². The molecule has 0 unspecified atom stereocenters. The highest BCUT2D eigenvalue weighted by atomic mass is 35.5. The van der Waals surface area contributed by atoms with Gasteiger partial charge >= 0.3 is 0 Å². The first-order chi connectivity index (χ1) is 11.1. The zero-order valence-corrected chi connectivity index (χ0v) is 15.2. The Balaban J connectivity index is 2.48. The number of methoxy groups -OCH3 is 1. The number of para-hydroxylation sites is 1. The summed E-state index contributed by atoms with van der Waals surface area (Å²) in [6.45, 7) is 0. The number of ether oxygens (including phenoxy) is 1. The molecule has 0 saturated heterocycles. The highest BCUT2D eigenvalue weighted by Crippen LogP contribution is 2.30. The quantitative estimate of drug-likeness (QED) is 0.789. The molecular formula is C14H15ClN2O5S2. The van der Waals surface area contributed by atoms with Gasteiger partial charge in [-0.15, -0.1) is 0 Å². The molecule has 0 fully saturated rings. The van der Waals surface area contributed by atoms with Gasteiger partial charge in [0.2, 0.25) is 10.0 Å². The Morgan fingerprint density at radius 2 is 1.67 bits per heavy atom. The van der Waals surface area contributed by atoms with Gasteiger partial charge in [0.05, 0.1) is 29.8 Å². The minimum absolute atomic E-state index is 0.0635. The summed E-state index contributed by atoms with van der Waals surface area (Å²) in [4.78, 5) is -0.224. The summed E-state index contributed by atoms with van der Waals surface area (Å²) in [6.07, 6.45) is 0.966. The molecule has 2 N–H and O–H groups in total. The molecule has 0 aromatic heterocycles. The first kappa shape index (κ1) is 18.4. The van der Waals surface area contributed by atoms with Crippen LogP contribution in [-0.4, -0.2) is 30.2 Å². The van der Waals surface area contributed by atoms with Crippen LogP contribution < -0.4 is 14.2 Å². The maximum absolute atomic E-state index is 12.6. The molecule has 0 saturated carbocycles. The number of anilines is 2. The van der Waals surface area contributed by atoms with Crippen molar-refractivity contribution in [1.29, 1.82) is 0 Å². The molecule has 0 bridgehead atoms. The van der Waals surface area contributed by atoms with Crippen molar-refractivity contribution in [3.63, 3.8) is 0 Å². The predicted molar refractivity (Wildman–Crippen MR) is 93.7 cm³/mol. The second-order valence-electron chi connectivity index (χ2n) is 4.83. The van der Waals surface area contributed by atoms with Crippen LogP contribution in [0.15, 0.2) is 47.4 Å². The van der Waals surface area contributed by atoms with Gasteiger partial charge < -0.3 is 4.74 Å². The fourth-order valence-corrected chi connectivity index (χ4v) is 3.98. The van der Waals surface area contributed by atoms with Crippen molar-refractivity contribution in [2.45, 2.75) is 4.90 Å². The topological polar surface area (TPSA) is 102 Å². The lowest BCUT2D eigenvalue weighted by Crippen LogP contribution is -2.16. The Labute approximate surface area is 145 Å². The molecular weight excluding hydrogens is 376 g/mol. The van der Waals surface area contributed by atoms with Crippen LogP contribution in [0, 0.1) is 0 Å². The third kappa shape index (κ3) is 4.53. The number of halogens is 1. The molecule has 0 amide bonds. The highest BCUT2D eigenvalue weighted by Gasteiger charge is 2.22. The van der Waals surface area contributed by atoms with Crippen LogP contribution in [0.5, 0.6) is 5.75 Å². The van der Waals surface area contributed by atoms with Gasteiger partial charge in [-0.3, -0.25) is 9.44 Å². The van der Waals surface area contributed by atoms with E-state index in [0.29, 0.717) is 0 Å². The van der Waals surface area contributed by atoms with Crippen LogP contribution in [0.1, 0.15) is 0 Å². The third-order valence-corrected chi connectivity index (χ3v) is 5.20. The first-order valence-corrected chi connectivity index (χ1v) is 10.3. The summed E-state index contributed by atoms with van der Waals surface area (Å²) >= 11 is 5.96. The van der Waals surface area contributed by atoms with Gasteiger partial charge in [0.1, 0.15) is 10.6 Å². The Bertz CT molecular complexity index is 959. The molecule has 10 heteroatoms. The molecule has 24 heavy (non-hydrogen) atoms. The normalized spacial score (nSPS) is 11.8. The summed E-state index contributed by atoms with van der Waals surface area (Å²) in [5.41, 5.74) is 0.292. The molecule has 0 aliphatic carbocycles. The minimum atomic E-state index is -4.05. The van der Waals surface area contributed by atoms with E-state index in [1.165, 1.54) is 37.4 Å². The number of rotatable bonds is 6. The molecule has 0 radical (unpaired) electrons. The zero-order chi connectivity index (χ0) is 18.0. The molecule has 7 nitrogen and oxygen atoms in total. The maximum atomic E-state index is 12.6. The number of nitrogens with one attached hydrogen (secondary N) is 2. The monoisotopic (exact) mass is 390 g/mol. The Morgan fingerprint density at radius 1 is 1.00 bits per heavy atom. The van der Waals surface area contributed by atoms with Crippen molar-refractivity contribution in [1.82, 2.24) is 0 Å². The van der Waals surface area contributed by atoms with Crippen LogP contribution in [0.3, 0.4) is 0 Å². The van der Waals surface area contributed by atoms with Crippen LogP contribution in [0.4, 0.5) is 11.4 Å². The van der Waals surface area contributed by atoms with Crippen molar-refractivity contribution >= 4 is 43.0 Å². The first-order valence-electron chi connectivity index (χ1n) is 6.55. The van der Waals surface area contributed by atoms with Gasteiger partial charge in [-0.1, -0.05) is 23.7 Å². The maximum Gasteiger partial charge on any atom is 0.265 e. The average molecular weight is 391 g/mol. The molecule has 130 valence electrons. The van der Waals surface area contributed by atoms with Gasteiger partial charge in [-0.25, -0.2) is 16.8 Å². The van der Waals surface area contributed by atoms with E-state index in [4.69, 9.17) is 16.3 Å². The Morgan fingerprint density at radius 3 is 2.25 bits per heavy atom. The van der Waals surface area contributed by atoms with E-state index in [-0.39, 0.29) is 27.0 Å². The average Bonchev–Trinajstić information content (AvgIpc) is 2.48. The molecule has 0 spiro atoms. The molecule has 0 aliphatic heterocycles. The van der Waals surface area contributed by atoms with E-state index in [0.717, 1.165) is 6.26 Å². The predicted octanol–water partition coefficient (Wildman–Crippen LogP) is 2.52. The standard InChI is InChI=1S/C14H15ClN2O5S2/c1-22-13-8-7-10(16-23(2,18)19)9-14(13)24(20,21)17-12-6-4-3-5-11(12)15/h3-9,16-17H,1-2H3. The zero-order valence-electron chi connectivity index (χ0n) is 12.8. The molecule has 2 aromatic rings. The van der Waals surface area contributed by atoms with Gasteiger partial charge in [-0.2, -0.15) is 0 Å². The van der Waals surface area contributed by atoms with Gasteiger partial charge in [0.15, 0.2) is 0 Å². The third-order valence-electron chi connectivity index (χ3n) is 2.87. The van der Waals surface area contributed by atoms with Gasteiger partial charge in [0, 0.05) is 0 Å². The fraction of sp³-hybridized carbons (Fsp3) is 0.143. The van der Waals surface area contributed by atoms with Gasteiger partial charge in [-0.05, 0) is 30.3 Å². The van der Waals surface area contributed by atoms with E-state index < -0.39 is 20.0 Å². The second-order valence-corrected chi connectivity index (χ2v) is 8.63. The number of hydrogen-bond donors (Lipinski definition) is 2. The summed E-state index contributed by atoms with van der Waals surface area (Å²) in [5, 5.41) is 0.227. The van der Waals surface area contributed by atoms with Crippen molar-refractivity contribution in [2.75, 3.05) is 22.8 Å². The Kier molecular flexibility index (Phi) is 5.26. The SMILES string of the molecule is COc1ccc(NS(C)(=O)=O)cc1S(=O)(=O)Nc1ccccc1Cl. The van der Waals surface area contributed by atoms with Gasteiger partial charge in [0.25, 0.3) is 10.0 Å². The van der Waals surface area contributed by atoms with Crippen molar-refractivity contribution in [3.8, 4) is 5.75 Å². The van der Waals surface area contributed by atoms with Crippen molar-refractivity contribution in [3.05, 3.63) is 47.5 Å². The molecule has 2 rings (SSSR count). The summed E-state index contributed by atoms with van der Waals surface area (Å²) in [6, 6.07) is 10.3. The number of benzene rings is 2. The number of sulfonamides is 2. The van der Waals surface area contributed by atoms with Crippen LogP contribution in [0.2, 0.25) is 5.02 Å². The molecule has 0 heterocycles. The number of hydrogen-bond acceptors (Lipinski definition) is 5. The Hall–Kier alpha value is -1.97. The largest absolute Gasteiger partial charge is 0.495 e. The van der Waals surface area contributed by atoms with E-state index in [1.807, 2.05) is 0 Å². The highest BCUT2D eigenvalue weighted by molar-refractivity contribution is 7.93. The minimum Gasteiger partial charge on any atom is -0.495 e. The van der Waals surface area contributed by atoms with E-state index in [9.17, 15) is 16.8 Å². The van der Waals surface area contributed by atoms with Crippen LogP contribution in [-0.2, 0) is 20.0 Å². The molecule has 0 aliphatic rings. The molecule has 2 aromatic carbocycles.